The molecule has 1 saturated heterocycles. The normalized spacial score (nSPS) is 22.2. The highest BCUT2D eigenvalue weighted by molar-refractivity contribution is 5.99. The molecular weight excluding hydrogens is 170 g/mol. The van der Waals surface area contributed by atoms with E-state index in [1.807, 2.05) is 0 Å². The zero-order valence-corrected chi connectivity index (χ0v) is 7.99. The van der Waals surface area contributed by atoms with Crippen molar-refractivity contribution in [3.8, 4) is 0 Å². The average Bonchev–Trinajstić information content (AvgIpc) is 1.96. The Morgan fingerprint density at radius 3 is 2.23 bits per heavy atom. The average molecular weight is 185 g/mol. The van der Waals surface area contributed by atoms with Gasteiger partial charge in [0, 0.05) is 12.6 Å². The first-order valence-electron chi connectivity index (χ1n) is 4.28. The van der Waals surface area contributed by atoms with E-state index in [0.29, 0.717) is 19.6 Å². The molecule has 1 atom stereocenters. The van der Waals surface area contributed by atoms with Crippen LogP contribution in [0.1, 0.15) is 6.92 Å². The summed E-state index contributed by atoms with van der Waals surface area (Å²) in [6.07, 6.45) is 0. The van der Waals surface area contributed by atoms with Crippen LogP contribution in [0, 0.1) is 0 Å². The minimum absolute atomic E-state index is 0.156. The molecule has 0 spiro atoms. The molecule has 0 saturated carbocycles. The predicted octanol–water partition coefficient (Wildman–Crippen LogP) is -1.37. The highest BCUT2D eigenvalue weighted by atomic mass is 16.2. The maximum absolute atomic E-state index is 11.4. The van der Waals surface area contributed by atoms with E-state index in [-0.39, 0.29) is 17.9 Å². The Labute approximate surface area is 77.5 Å². The smallest absolute Gasteiger partial charge is 0.243 e. The minimum Gasteiger partial charge on any atom is -0.326 e. The van der Waals surface area contributed by atoms with Crippen molar-refractivity contribution in [2.24, 2.45) is 5.73 Å². The number of amides is 2. The SMILES string of the molecule is CC(N)CN1C(=O)CN(C)CC1=O. The molecule has 74 valence electrons. The third kappa shape index (κ3) is 2.50. The van der Waals surface area contributed by atoms with Gasteiger partial charge < -0.3 is 5.73 Å². The fourth-order valence-electron chi connectivity index (χ4n) is 1.32. The second kappa shape index (κ2) is 3.85. The van der Waals surface area contributed by atoms with Crippen LogP contribution in [0.4, 0.5) is 0 Å². The standard InChI is InChI=1S/C8H15N3O2/c1-6(9)3-11-7(12)4-10(2)5-8(11)13/h6H,3-5,9H2,1-2H3. The van der Waals surface area contributed by atoms with E-state index in [1.54, 1.807) is 18.9 Å². The lowest BCUT2D eigenvalue weighted by molar-refractivity contribution is -0.150. The molecule has 1 aliphatic heterocycles. The van der Waals surface area contributed by atoms with E-state index in [1.165, 1.54) is 4.90 Å². The lowest BCUT2D eigenvalue weighted by Gasteiger charge is -2.31. The quantitative estimate of drug-likeness (QED) is 0.539. The van der Waals surface area contributed by atoms with E-state index in [4.69, 9.17) is 5.73 Å². The number of hydrogen-bond donors (Lipinski definition) is 1. The number of imide groups is 1. The van der Waals surface area contributed by atoms with Crippen molar-refractivity contribution >= 4 is 11.8 Å². The molecule has 1 unspecified atom stereocenters. The highest BCUT2D eigenvalue weighted by Gasteiger charge is 2.29. The van der Waals surface area contributed by atoms with Gasteiger partial charge in [-0.15, -0.1) is 0 Å². The van der Waals surface area contributed by atoms with Crippen molar-refractivity contribution in [1.29, 1.82) is 0 Å². The predicted molar refractivity (Wildman–Crippen MR) is 47.9 cm³/mol. The van der Waals surface area contributed by atoms with Crippen molar-refractivity contribution in [3.05, 3.63) is 0 Å². The summed E-state index contributed by atoms with van der Waals surface area (Å²) in [6, 6.07) is -0.156. The Hall–Kier alpha value is -0.940. The first-order chi connectivity index (χ1) is 6.00. The molecule has 1 heterocycles. The fraction of sp³-hybridized carbons (Fsp3) is 0.750. The van der Waals surface area contributed by atoms with Crippen LogP contribution in [0.5, 0.6) is 0 Å². The zero-order valence-electron chi connectivity index (χ0n) is 7.99. The van der Waals surface area contributed by atoms with E-state index in [2.05, 4.69) is 0 Å². The Balaban J connectivity index is 2.62. The number of nitrogens with zero attached hydrogens (tertiary/aromatic N) is 2. The number of piperazine rings is 1. The number of likely N-dealkylation sites (N-methyl/N-ethyl adjacent to an activating group) is 1. The van der Waals surface area contributed by atoms with Crippen molar-refractivity contribution in [1.82, 2.24) is 9.80 Å². The maximum atomic E-state index is 11.4. The Morgan fingerprint density at radius 2 is 1.85 bits per heavy atom. The third-order valence-electron chi connectivity index (χ3n) is 1.88. The number of carbonyl (C=O) groups is 2. The first kappa shape index (κ1) is 10.1. The van der Waals surface area contributed by atoms with Gasteiger partial charge >= 0.3 is 0 Å². The van der Waals surface area contributed by atoms with Crippen LogP contribution in [-0.4, -0.2) is 54.3 Å². The van der Waals surface area contributed by atoms with Gasteiger partial charge in [-0.1, -0.05) is 0 Å². The summed E-state index contributed by atoms with van der Waals surface area (Å²) in [5, 5.41) is 0. The van der Waals surface area contributed by atoms with Gasteiger partial charge in [0.25, 0.3) is 0 Å². The number of carbonyl (C=O) groups excluding carboxylic acids is 2. The second-order valence-electron chi connectivity index (χ2n) is 3.55. The van der Waals surface area contributed by atoms with Crippen LogP contribution < -0.4 is 5.73 Å². The van der Waals surface area contributed by atoms with E-state index in [0.717, 1.165) is 0 Å². The highest BCUT2D eigenvalue weighted by Crippen LogP contribution is 2.02. The topological polar surface area (TPSA) is 66.6 Å². The van der Waals surface area contributed by atoms with Crippen molar-refractivity contribution in [2.75, 3.05) is 26.7 Å². The van der Waals surface area contributed by atoms with Gasteiger partial charge in [0.1, 0.15) is 0 Å². The summed E-state index contributed by atoms with van der Waals surface area (Å²) in [5.74, 6) is -0.313. The van der Waals surface area contributed by atoms with Gasteiger partial charge in [0.2, 0.25) is 11.8 Å². The van der Waals surface area contributed by atoms with Gasteiger partial charge in [-0.25, -0.2) is 0 Å². The maximum Gasteiger partial charge on any atom is 0.243 e. The van der Waals surface area contributed by atoms with Gasteiger partial charge in [0.05, 0.1) is 13.1 Å². The fourth-order valence-corrected chi connectivity index (χ4v) is 1.32. The van der Waals surface area contributed by atoms with Crippen molar-refractivity contribution < 1.29 is 9.59 Å². The minimum atomic E-state index is -0.156. The molecule has 1 aliphatic rings. The summed E-state index contributed by atoms with van der Waals surface area (Å²) >= 11 is 0. The summed E-state index contributed by atoms with van der Waals surface area (Å²) in [5.41, 5.74) is 5.52. The Bertz CT molecular complexity index is 209. The molecule has 5 nitrogen and oxygen atoms in total. The first-order valence-corrected chi connectivity index (χ1v) is 4.28. The summed E-state index contributed by atoms with van der Waals surface area (Å²) < 4.78 is 0. The summed E-state index contributed by atoms with van der Waals surface area (Å²) in [4.78, 5) is 25.7. The number of nitrogens with two attached hydrogens (primary N) is 1. The van der Waals surface area contributed by atoms with Crippen LogP contribution >= 0.6 is 0 Å². The molecule has 1 rings (SSSR count). The van der Waals surface area contributed by atoms with Gasteiger partial charge in [-0.3, -0.25) is 19.4 Å². The van der Waals surface area contributed by atoms with Crippen molar-refractivity contribution in [2.45, 2.75) is 13.0 Å². The molecule has 0 aromatic rings. The number of rotatable bonds is 2. The molecule has 0 radical (unpaired) electrons. The Morgan fingerprint density at radius 1 is 1.38 bits per heavy atom. The molecule has 0 aromatic carbocycles. The van der Waals surface area contributed by atoms with Crippen LogP contribution in [0.15, 0.2) is 0 Å². The lowest BCUT2D eigenvalue weighted by atomic mass is 10.2. The van der Waals surface area contributed by atoms with Gasteiger partial charge in [-0.2, -0.15) is 0 Å². The molecule has 0 aromatic heterocycles. The van der Waals surface area contributed by atoms with Crippen LogP contribution in [0.2, 0.25) is 0 Å². The molecule has 1 fully saturated rings. The van der Waals surface area contributed by atoms with Gasteiger partial charge in [-0.05, 0) is 14.0 Å². The molecule has 5 heteroatoms. The lowest BCUT2D eigenvalue weighted by Crippen LogP contribution is -2.55. The van der Waals surface area contributed by atoms with E-state index >= 15 is 0 Å². The van der Waals surface area contributed by atoms with Gasteiger partial charge in [0.15, 0.2) is 0 Å². The zero-order chi connectivity index (χ0) is 10.0. The molecule has 2 amide bonds. The van der Waals surface area contributed by atoms with E-state index in [9.17, 15) is 9.59 Å². The van der Waals surface area contributed by atoms with Crippen LogP contribution in [-0.2, 0) is 9.59 Å². The monoisotopic (exact) mass is 185 g/mol. The largest absolute Gasteiger partial charge is 0.326 e. The Kier molecular flexibility index (Phi) is 3.00. The van der Waals surface area contributed by atoms with E-state index < -0.39 is 0 Å². The molecule has 13 heavy (non-hydrogen) atoms. The third-order valence-corrected chi connectivity index (χ3v) is 1.88. The molecule has 0 bridgehead atoms. The summed E-state index contributed by atoms with van der Waals surface area (Å²) in [7, 11) is 1.75. The van der Waals surface area contributed by atoms with Crippen molar-refractivity contribution in [3.63, 3.8) is 0 Å². The molecule has 0 aliphatic carbocycles. The second-order valence-corrected chi connectivity index (χ2v) is 3.55. The summed E-state index contributed by atoms with van der Waals surface area (Å²) in [6.45, 7) is 2.71. The molecular formula is C8H15N3O2. The van der Waals surface area contributed by atoms with Crippen LogP contribution in [0.25, 0.3) is 0 Å². The number of hydrogen-bond acceptors (Lipinski definition) is 4. The van der Waals surface area contributed by atoms with Crippen LogP contribution in [0.3, 0.4) is 0 Å². The molecule has 2 N–H and O–H groups in total.